The first kappa shape index (κ1) is 16.7. The molecular formula is C17H18N4O4. The van der Waals surface area contributed by atoms with Crippen LogP contribution in [0.25, 0.3) is 5.69 Å². The molecule has 8 nitrogen and oxygen atoms in total. The van der Waals surface area contributed by atoms with E-state index in [0.717, 1.165) is 12.8 Å². The Labute approximate surface area is 144 Å². The average molecular weight is 342 g/mol. The van der Waals surface area contributed by atoms with Gasteiger partial charge in [-0.25, -0.2) is 9.48 Å². The average Bonchev–Trinajstić information content (AvgIpc) is 2.99. The van der Waals surface area contributed by atoms with Gasteiger partial charge in [-0.1, -0.05) is 0 Å². The van der Waals surface area contributed by atoms with Crippen LogP contribution >= 0.6 is 0 Å². The van der Waals surface area contributed by atoms with E-state index in [0.29, 0.717) is 29.9 Å². The van der Waals surface area contributed by atoms with Gasteiger partial charge in [0.25, 0.3) is 5.91 Å². The number of hydrazine groups is 1. The lowest BCUT2D eigenvalue weighted by atomic mass is 10.1. The van der Waals surface area contributed by atoms with Gasteiger partial charge in [0, 0.05) is 18.5 Å². The summed E-state index contributed by atoms with van der Waals surface area (Å²) in [6.07, 6.45) is 3.46. The molecule has 0 spiro atoms. The van der Waals surface area contributed by atoms with Crippen LogP contribution in [0, 0.1) is 6.92 Å². The number of nitrogens with one attached hydrogen (secondary N) is 1. The van der Waals surface area contributed by atoms with Gasteiger partial charge in [0.1, 0.15) is 5.56 Å². The van der Waals surface area contributed by atoms with Gasteiger partial charge in [0.2, 0.25) is 5.91 Å². The Morgan fingerprint density at radius 2 is 1.92 bits per heavy atom. The number of amides is 2. The highest BCUT2D eigenvalue weighted by atomic mass is 16.4. The highest BCUT2D eigenvalue weighted by Crippen LogP contribution is 2.15. The largest absolute Gasteiger partial charge is 0.478 e. The second kappa shape index (κ2) is 6.76. The fourth-order valence-electron chi connectivity index (χ4n) is 2.75. The van der Waals surface area contributed by atoms with E-state index in [1.165, 1.54) is 15.9 Å². The Morgan fingerprint density at radius 1 is 1.20 bits per heavy atom. The third-order valence-corrected chi connectivity index (χ3v) is 4.17. The lowest BCUT2D eigenvalue weighted by Crippen LogP contribution is -2.48. The molecular weight excluding hydrogens is 324 g/mol. The molecule has 0 aliphatic carbocycles. The van der Waals surface area contributed by atoms with Crippen molar-refractivity contribution in [1.82, 2.24) is 20.2 Å². The number of benzene rings is 1. The third kappa shape index (κ3) is 3.37. The predicted molar refractivity (Wildman–Crippen MR) is 88.3 cm³/mol. The van der Waals surface area contributed by atoms with Crippen molar-refractivity contribution in [2.75, 3.05) is 6.54 Å². The van der Waals surface area contributed by atoms with Gasteiger partial charge in [0.15, 0.2) is 0 Å². The lowest BCUT2D eigenvalue weighted by molar-refractivity contribution is -0.135. The van der Waals surface area contributed by atoms with Gasteiger partial charge in [-0.2, -0.15) is 5.10 Å². The fraction of sp³-hybridized carbons (Fsp3) is 0.294. The van der Waals surface area contributed by atoms with Gasteiger partial charge in [-0.3, -0.25) is 20.0 Å². The molecule has 3 rings (SSSR count). The molecule has 0 saturated carbocycles. The van der Waals surface area contributed by atoms with Crippen LogP contribution in [-0.4, -0.2) is 44.2 Å². The van der Waals surface area contributed by atoms with E-state index >= 15 is 0 Å². The molecule has 2 aromatic rings. The van der Waals surface area contributed by atoms with Crippen LogP contribution in [-0.2, 0) is 4.79 Å². The summed E-state index contributed by atoms with van der Waals surface area (Å²) in [5, 5.41) is 14.5. The van der Waals surface area contributed by atoms with E-state index in [-0.39, 0.29) is 17.4 Å². The minimum absolute atomic E-state index is 0.0791. The number of rotatable bonds is 4. The summed E-state index contributed by atoms with van der Waals surface area (Å²) in [5.41, 5.74) is 4.31. The zero-order valence-electron chi connectivity index (χ0n) is 13.7. The molecule has 1 aromatic heterocycles. The summed E-state index contributed by atoms with van der Waals surface area (Å²) in [7, 11) is 0. The van der Waals surface area contributed by atoms with Crippen LogP contribution in [0.5, 0.6) is 0 Å². The molecule has 0 bridgehead atoms. The van der Waals surface area contributed by atoms with Crippen molar-refractivity contribution in [2.45, 2.75) is 26.2 Å². The second-order valence-corrected chi connectivity index (χ2v) is 5.85. The number of carboxylic acids is 1. The van der Waals surface area contributed by atoms with Crippen LogP contribution in [0.3, 0.4) is 0 Å². The van der Waals surface area contributed by atoms with E-state index < -0.39 is 5.97 Å². The SMILES string of the molecule is Cc1c(C(=O)O)cnn1-c1ccc(C(=O)NN2CCCCC2=O)cc1. The van der Waals surface area contributed by atoms with Gasteiger partial charge < -0.3 is 5.11 Å². The van der Waals surface area contributed by atoms with Gasteiger partial charge in [-0.15, -0.1) is 0 Å². The van der Waals surface area contributed by atoms with Crippen LogP contribution < -0.4 is 5.43 Å². The maximum Gasteiger partial charge on any atom is 0.339 e. The van der Waals surface area contributed by atoms with Crippen molar-refractivity contribution in [1.29, 1.82) is 0 Å². The Hall–Kier alpha value is -3.16. The number of carboxylic acid groups (broad SMARTS) is 1. The van der Waals surface area contributed by atoms with E-state index in [1.54, 1.807) is 31.2 Å². The maximum atomic E-state index is 12.3. The summed E-state index contributed by atoms with van der Waals surface area (Å²) in [5.74, 6) is -1.47. The minimum Gasteiger partial charge on any atom is -0.478 e. The van der Waals surface area contributed by atoms with Crippen LogP contribution in [0.4, 0.5) is 0 Å². The van der Waals surface area contributed by atoms with Crippen LogP contribution in [0.15, 0.2) is 30.5 Å². The molecule has 1 fully saturated rings. The Kier molecular flexibility index (Phi) is 4.51. The van der Waals surface area contributed by atoms with Gasteiger partial charge in [-0.05, 0) is 44.0 Å². The minimum atomic E-state index is -1.04. The number of carbonyl (C=O) groups excluding carboxylic acids is 2. The summed E-state index contributed by atoms with van der Waals surface area (Å²) in [6, 6.07) is 6.58. The van der Waals surface area contributed by atoms with E-state index in [2.05, 4.69) is 10.5 Å². The first-order valence-corrected chi connectivity index (χ1v) is 7.97. The van der Waals surface area contributed by atoms with Gasteiger partial charge >= 0.3 is 5.97 Å². The van der Waals surface area contributed by atoms with E-state index in [9.17, 15) is 14.4 Å². The lowest BCUT2D eigenvalue weighted by Gasteiger charge is -2.26. The fourth-order valence-corrected chi connectivity index (χ4v) is 2.75. The van der Waals surface area contributed by atoms with Crippen LogP contribution in [0.1, 0.15) is 45.7 Å². The second-order valence-electron chi connectivity index (χ2n) is 5.85. The maximum absolute atomic E-state index is 12.3. The number of hydrogen-bond acceptors (Lipinski definition) is 4. The van der Waals surface area contributed by atoms with Crippen molar-refractivity contribution < 1.29 is 19.5 Å². The molecule has 0 atom stereocenters. The number of nitrogens with zero attached hydrogens (tertiary/aromatic N) is 3. The summed E-state index contributed by atoms with van der Waals surface area (Å²) in [4.78, 5) is 35.1. The number of piperidine rings is 1. The zero-order chi connectivity index (χ0) is 18.0. The Morgan fingerprint density at radius 3 is 2.52 bits per heavy atom. The predicted octanol–water partition coefficient (Wildman–Crippen LogP) is 1.54. The van der Waals surface area contributed by atoms with Crippen LogP contribution in [0.2, 0.25) is 0 Å². The number of aromatic nitrogens is 2. The van der Waals surface area contributed by atoms with Crippen molar-refractivity contribution in [3.05, 3.63) is 47.3 Å². The quantitative estimate of drug-likeness (QED) is 0.877. The first-order valence-electron chi connectivity index (χ1n) is 7.97. The summed E-state index contributed by atoms with van der Waals surface area (Å²) >= 11 is 0. The number of hydrogen-bond donors (Lipinski definition) is 2. The Balaban J connectivity index is 1.75. The van der Waals surface area contributed by atoms with Crippen molar-refractivity contribution >= 4 is 17.8 Å². The number of carbonyl (C=O) groups is 3. The third-order valence-electron chi connectivity index (χ3n) is 4.17. The molecule has 1 saturated heterocycles. The highest BCUT2D eigenvalue weighted by Gasteiger charge is 2.20. The normalized spacial score (nSPS) is 14.4. The molecule has 8 heteroatoms. The molecule has 0 radical (unpaired) electrons. The molecule has 25 heavy (non-hydrogen) atoms. The van der Waals surface area contributed by atoms with Crippen molar-refractivity contribution in [2.24, 2.45) is 0 Å². The zero-order valence-corrected chi connectivity index (χ0v) is 13.7. The summed E-state index contributed by atoms with van der Waals surface area (Å²) < 4.78 is 1.50. The molecule has 130 valence electrons. The standard InChI is InChI=1S/C17H18N4O4/c1-11-14(17(24)25)10-18-21(11)13-7-5-12(6-8-13)16(23)19-20-9-3-2-4-15(20)22/h5-8,10H,2-4,9H2,1H3,(H,19,23)(H,24,25). The topological polar surface area (TPSA) is 105 Å². The number of aromatic carboxylic acids is 1. The van der Waals surface area contributed by atoms with Crippen molar-refractivity contribution in [3.8, 4) is 5.69 Å². The van der Waals surface area contributed by atoms with E-state index in [4.69, 9.17) is 5.11 Å². The molecule has 1 aromatic carbocycles. The first-order chi connectivity index (χ1) is 12.0. The monoisotopic (exact) mass is 342 g/mol. The molecule has 2 N–H and O–H groups in total. The molecule has 1 aliphatic heterocycles. The summed E-state index contributed by atoms with van der Waals surface area (Å²) in [6.45, 7) is 2.19. The van der Waals surface area contributed by atoms with E-state index in [1.807, 2.05) is 0 Å². The smallest absolute Gasteiger partial charge is 0.339 e. The highest BCUT2D eigenvalue weighted by molar-refractivity contribution is 5.95. The van der Waals surface area contributed by atoms with Gasteiger partial charge in [0.05, 0.1) is 17.6 Å². The Bertz CT molecular complexity index is 826. The molecule has 0 unspecified atom stereocenters. The molecule has 2 heterocycles. The molecule has 2 amide bonds. The van der Waals surface area contributed by atoms with Crippen molar-refractivity contribution in [3.63, 3.8) is 0 Å². The molecule has 1 aliphatic rings.